The number of piperazine rings is 1. The summed E-state index contributed by atoms with van der Waals surface area (Å²) in [6, 6.07) is 3.99. The van der Waals surface area contributed by atoms with E-state index in [4.69, 9.17) is 11.6 Å². The molecule has 0 atom stereocenters. The van der Waals surface area contributed by atoms with Gasteiger partial charge >= 0.3 is 0 Å². The molecule has 0 N–H and O–H groups in total. The summed E-state index contributed by atoms with van der Waals surface area (Å²) < 4.78 is 0. The standard InChI is InChI=1S/C14H22ClN3/c1-12(2)4-6-17-7-9-18(10-8-17)13-3-5-16-14(15)11-13/h3,5,11-12H,4,6-10H2,1-2H3. The molecular weight excluding hydrogens is 246 g/mol. The first kappa shape index (κ1) is 13.6. The third-order valence-electron chi connectivity index (χ3n) is 3.47. The molecule has 0 saturated carbocycles. The molecule has 1 saturated heterocycles. The molecule has 1 aromatic rings. The highest BCUT2D eigenvalue weighted by molar-refractivity contribution is 6.29. The third kappa shape index (κ3) is 3.85. The van der Waals surface area contributed by atoms with Crippen molar-refractivity contribution >= 4 is 17.3 Å². The lowest BCUT2D eigenvalue weighted by Gasteiger charge is -2.36. The van der Waals surface area contributed by atoms with Gasteiger partial charge in [-0.15, -0.1) is 0 Å². The van der Waals surface area contributed by atoms with E-state index in [1.54, 1.807) is 6.20 Å². The average molecular weight is 268 g/mol. The smallest absolute Gasteiger partial charge is 0.131 e. The normalized spacial score (nSPS) is 17.4. The second-order valence-corrected chi connectivity index (χ2v) is 5.74. The number of hydrogen-bond donors (Lipinski definition) is 0. The zero-order valence-electron chi connectivity index (χ0n) is 11.3. The predicted molar refractivity (Wildman–Crippen MR) is 77.4 cm³/mol. The lowest BCUT2D eigenvalue weighted by molar-refractivity contribution is 0.243. The molecule has 1 aliphatic heterocycles. The molecular formula is C14H22ClN3. The van der Waals surface area contributed by atoms with Gasteiger partial charge in [-0.1, -0.05) is 25.4 Å². The van der Waals surface area contributed by atoms with Gasteiger partial charge in [0.2, 0.25) is 0 Å². The first-order valence-corrected chi connectivity index (χ1v) is 7.12. The second-order valence-electron chi connectivity index (χ2n) is 5.35. The van der Waals surface area contributed by atoms with Crippen LogP contribution in [0.2, 0.25) is 5.15 Å². The summed E-state index contributed by atoms with van der Waals surface area (Å²) >= 11 is 5.93. The fourth-order valence-corrected chi connectivity index (χ4v) is 2.43. The molecule has 0 aliphatic carbocycles. The SMILES string of the molecule is CC(C)CCN1CCN(c2ccnc(Cl)c2)CC1. The maximum atomic E-state index is 5.93. The van der Waals surface area contributed by atoms with Crippen molar-refractivity contribution in [3.05, 3.63) is 23.5 Å². The lowest BCUT2D eigenvalue weighted by atomic mass is 10.1. The van der Waals surface area contributed by atoms with E-state index < -0.39 is 0 Å². The predicted octanol–water partition coefficient (Wildman–Crippen LogP) is 2.90. The van der Waals surface area contributed by atoms with Crippen molar-refractivity contribution in [2.75, 3.05) is 37.6 Å². The van der Waals surface area contributed by atoms with Crippen LogP contribution in [0.25, 0.3) is 0 Å². The van der Waals surface area contributed by atoms with Gasteiger partial charge in [0.05, 0.1) is 0 Å². The Morgan fingerprint density at radius 3 is 2.61 bits per heavy atom. The van der Waals surface area contributed by atoms with E-state index in [9.17, 15) is 0 Å². The molecule has 3 nitrogen and oxygen atoms in total. The number of pyridine rings is 1. The van der Waals surface area contributed by atoms with Crippen LogP contribution in [0.1, 0.15) is 20.3 Å². The minimum absolute atomic E-state index is 0.578. The number of anilines is 1. The summed E-state index contributed by atoms with van der Waals surface area (Å²) in [4.78, 5) is 8.97. The fraction of sp³-hybridized carbons (Fsp3) is 0.643. The molecule has 100 valence electrons. The third-order valence-corrected chi connectivity index (χ3v) is 3.68. The van der Waals surface area contributed by atoms with Crippen molar-refractivity contribution in [3.63, 3.8) is 0 Å². The molecule has 1 fully saturated rings. The van der Waals surface area contributed by atoms with Gasteiger partial charge in [-0.3, -0.25) is 4.90 Å². The van der Waals surface area contributed by atoms with Gasteiger partial charge in [0.1, 0.15) is 5.15 Å². The summed E-state index contributed by atoms with van der Waals surface area (Å²) in [6.45, 7) is 10.3. The number of hydrogen-bond acceptors (Lipinski definition) is 3. The van der Waals surface area contributed by atoms with Gasteiger partial charge in [-0.05, 0) is 31.0 Å². The minimum Gasteiger partial charge on any atom is -0.369 e. The Morgan fingerprint density at radius 2 is 2.00 bits per heavy atom. The first-order valence-electron chi connectivity index (χ1n) is 6.74. The van der Waals surface area contributed by atoms with Crippen molar-refractivity contribution < 1.29 is 0 Å². The van der Waals surface area contributed by atoms with Crippen LogP contribution in [0.5, 0.6) is 0 Å². The van der Waals surface area contributed by atoms with Crippen LogP contribution in [0.3, 0.4) is 0 Å². The van der Waals surface area contributed by atoms with E-state index in [1.165, 1.54) is 18.7 Å². The Labute approximate surface area is 115 Å². The Bertz CT molecular complexity index is 373. The second kappa shape index (κ2) is 6.39. The van der Waals surface area contributed by atoms with E-state index in [2.05, 4.69) is 28.6 Å². The van der Waals surface area contributed by atoms with Gasteiger partial charge in [0, 0.05) is 38.1 Å². The molecule has 2 rings (SSSR count). The molecule has 18 heavy (non-hydrogen) atoms. The number of aromatic nitrogens is 1. The Hall–Kier alpha value is -0.800. The van der Waals surface area contributed by atoms with Crippen molar-refractivity contribution in [1.82, 2.24) is 9.88 Å². The maximum absolute atomic E-state index is 5.93. The van der Waals surface area contributed by atoms with Crippen molar-refractivity contribution in [2.24, 2.45) is 5.92 Å². The molecule has 2 heterocycles. The zero-order chi connectivity index (χ0) is 13.0. The Morgan fingerprint density at radius 1 is 1.28 bits per heavy atom. The summed E-state index contributed by atoms with van der Waals surface area (Å²) in [6.07, 6.45) is 3.07. The van der Waals surface area contributed by atoms with Crippen LogP contribution in [-0.4, -0.2) is 42.6 Å². The molecule has 0 bridgehead atoms. The van der Waals surface area contributed by atoms with E-state index in [0.717, 1.165) is 32.1 Å². The van der Waals surface area contributed by atoms with E-state index in [1.807, 2.05) is 12.1 Å². The Balaban J connectivity index is 1.83. The molecule has 0 radical (unpaired) electrons. The largest absolute Gasteiger partial charge is 0.369 e. The average Bonchev–Trinajstić information content (AvgIpc) is 2.37. The van der Waals surface area contributed by atoms with Crippen molar-refractivity contribution in [3.8, 4) is 0 Å². The van der Waals surface area contributed by atoms with Crippen LogP contribution < -0.4 is 4.90 Å². The highest BCUT2D eigenvalue weighted by Gasteiger charge is 2.17. The van der Waals surface area contributed by atoms with Crippen LogP contribution in [0.4, 0.5) is 5.69 Å². The minimum atomic E-state index is 0.578. The molecule has 1 aliphatic rings. The van der Waals surface area contributed by atoms with Crippen molar-refractivity contribution in [1.29, 1.82) is 0 Å². The highest BCUT2D eigenvalue weighted by atomic mass is 35.5. The lowest BCUT2D eigenvalue weighted by Crippen LogP contribution is -2.46. The van der Waals surface area contributed by atoms with Crippen molar-refractivity contribution in [2.45, 2.75) is 20.3 Å². The highest BCUT2D eigenvalue weighted by Crippen LogP contribution is 2.19. The van der Waals surface area contributed by atoms with Crippen LogP contribution in [-0.2, 0) is 0 Å². The maximum Gasteiger partial charge on any atom is 0.131 e. The van der Waals surface area contributed by atoms with E-state index in [0.29, 0.717) is 5.15 Å². The fourth-order valence-electron chi connectivity index (χ4n) is 2.26. The summed E-state index contributed by atoms with van der Waals surface area (Å²) in [5, 5.41) is 0.578. The van der Waals surface area contributed by atoms with E-state index in [-0.39, 0.29) is 0 Å². The Kier molecular flexibility index (Phi) is 4.84. The summed E-state index contributed by atoms with van der Waals surface area (Å²) in [5.74, 6) is 0.794. The zero-order valence-corrected chi connectivity index (χ0v) is 12.0. The molecule has 0 aromatic carbocycles. The van der Waals surface area contributed by atoms with Gasteiger partial charge in [-0.25, -0.2) is 4.98 Å². The quantitative estimate of drug-likeness (QED) is 0.782. The van der Waals surface area contributed by atoms with Gasteiger partial charge in [0.15, 0.2) is 0 Å². The summed E-state index contributed by atoms with van der Waals surface area (Å²) in [5.41, 5.74) is 1.19. The topological polar surface area (TPSA) is 19.4 Å². The van der Waals surface area contributed by atoms with Crippen LogP contribution >= 0.6 is 11.6 Å². The molecule has 0 spiro atoms. The van der Waals surface area contributed by atoms with Gasteiger partial charge in [-0.2, -0.15) is 0 Å². The van der Waals surface area contributed by atoms with Crippen LogP contribution in [0.15, 0.2) is 18.3 Å². The summed E-state index contributed by atoms with van der Waals surface area (Å²) in [7, 11) is 0. The van der Waals surface area contributed by atoms with Crippen LogP contribution in [0, 0.1) is 5.92 Å². The molecule has 4 heteroatoms. The molecule has 0 unspecified atom stereocenters. The number of nitrogens with zero attached hydrogens (tertiary/aromatic N) is 3. The van der Waals surface area contributed by atoms with E-state index >= 15 is 0 Å². The monoisotopic (exact) mass is 267 g/mol. The molecule has 1 aromatic heterocycles. The first-order chi connectivity index (χ1) is 8.65. The number of halogens is 1. The van der Waals surface area contributed by atoms with Gasteiger partial charge < -0.3 is 4.90 Å². The van der Waals surface area contributed by atoms with Gasteiger partial charge in [0.25, 0.3) is 0 Å². The molecule has 0 amide bonds. The number of rotatable bonds is 4.